The van der Waals surface area contributed by atoms with Crippen LogP contribution in [-0.4, -0.2) is 15.9 Å². The maximum absolute atomic E-state index is 10.6. The van der Waals surface area contributed by atoms with Crippen molar-refractivity contribution in [1.82, 2.24) is 15.4 Å². The summed E-state index contributed by atoms with van der Waals surface area (Å²) in [6, 6.07) is 0. The van der Waals surface area contributed by atoms with Crippen molar-refractivity contribution in [2.75, 3.05) is 0 Å². The van der Waals surface area contributed by atoms with E-state index in [1.54, 1.807) is 12.4 Å². The first-order valence-electron chi connectivity index (χ1n) is 2.80. The molecule has 0 fully saturated rings. The van der Waals surface area contributed by atoms with Crippen LogP contribution in [0.15, 0.2) is 12.4 Å². The third kappa shape index (κ3) is 3.01. The molecule has 4 N–H and O–H groups in total. The second-order valence-electron chi connectivity index (χ2n) is 1.78. The molecule has 1 aromatic rings. The quantitative estimate of drug-likeness (QED) is 0.319. The maximum atomic E-state index is 10.6. The van der Waals surface area contributed by atoms with Gasteiger partial charge in [0.1, 0.15) is 5.82 Å². The monoisotopic (exact) mass is 176 g/mol. The largest absolute Gasteiger partial charge is 0.348 e. The Balaban J connectivity index is 0.000001000. The van der Waals surface area contributed by atoms with Gasteiger partial charge in [0.15, 0.2) is 0 Å². The summed E-state index contributed by atoms with van der Waals surface area (Å²) in [5, 5.41) is 0. The van der Waals surface area contributed by atoms with E-state index in [0.29, 0.717) is 5.82 Å². The van der Waals surface area contributed by atoms with Crippen molar-refractivity contribution in [2.45, 2.75) is 6.42 Å². The molecule has 0 aliphatic carbocycles. The number of H-pyrrole nitrogens is 1. The van der Waals surface area contributed by atoms with Gasteiger partial charge in [-0.25, -0.2) is 10.8 Å². The molecule has 1 heterocycles. The number of nitrogens with two attached hydrogens (primary N) is 1. The van der Waals surface area contributed by atoms with Crippen molar-refractivity contribution in [2.24, 2.45) is 5.84 Å². The summed E-state index contributed by atoms with van der Waals surface area (Å²) < 4.78 is 0. The van der Waals surface area contributed by atoms with Gasteiger partial charge in [-0.05, 0) is 0 Å². The number of carbonyl (C=O) groups excluding carboxylic acids is 1. The average molecular weight is 177 g/mol. The van der Waals surface area contributed by atoms with Crippen LogP contribution in [-0.2, 0) is 11.2 Å². The fraction of sp³-hybridized carbons (Fsp3) is 0.200. The van der Waals surface area contributed by atoms with Crippen LogP contribution in [0, 0.1) is 0 Å². The Labute approximate surface area is 69.8 Å². The highest BCUT2D eigenvalue weighted by molar-refractivity contribution is 5.85. The Morgan fingerprint density at radius 1 is 1.82 bits per heavy atom. The van der Waals surface area contributed by atoms with Crippen LogP contribution in [0.2, 0.25) is 0 Å². The first kappa shape index (κ1) is 9.93. The fourth-order valence-electron chi connectivity index (χ4n) is 0.598. The topological polar surface area (TPSA) is 83.8 Å². The van der Waals surface area contributed by atoms with Gasteiger partial charge in [-0.1, -0.05) is 0 Å². The number of carbonyl (C=O) groups is 1. The molecule has 0 radical (unpaired) electrons. The number of amides is 1. The fourth-order valence-corrected chi connectivity index (χ4v) is 0.598. The van der Waals surface area contributed by atoms with Gasteiger partial charge in [0.2, 0.25) is 5.91 Å². The number of nitrogens with zero attached hydrogens (tertiary/aromatic N) is 1. The molecular weight excluding hydrogens is 168 g/mol. The molecule has 1 rings (SSSR count). The zero-order valence-electron chi connectivity index (χ0n) is 5.70. The lowest BCUT2D eigenvalue weighted by Crippen LogP contribution is -2.31. The standard InChI is InChI=1S/C5H8N4O.ClH/c6-9-5(10)3-4-7-1-2-8-4;/h1-2H,3,6H2,(H,7,8)(H,9,10);1H. The Morgan fingerprint density at radius 3 is 3.00 bits per heavy atom. The van der Waals surface area contributed by atoms with E-state index in [1.807, 2.05) is 5.43 Å². The number of hydrogen-bond donors (Lipinski definition) is 3. The molecule has 0 aromatic carbocycles. The summed E-state index contributed by atoms with van der Waals surface area (Å²) in [6.45, 7) is 0. The second kappa shape index (κ2) is 4.70. The summed E-state index contributed by atoms with van der Waals surface area (Å²) in [4.78, 5) is 17.2. The van der Waals surface area contributed by atoms with Gasteiger partial charge in [-0.2, -0.15) is 0 Å². The minimum Gasteiger partial charge on any atom is -0.348 e. The lowest BCUT2D eigenvalue weighted by molar-refractivity contribution is -0.120. The van der Waals surface area contributed by atoms with E-state index in [4.69, 9.17) is 5.84 Å². The van der Waals surface area contributed by atoms with Gasteiger partial charge < -0.3 is 4.98 Å². The van der Waals surface area contributed by atoms with Crippen molar-refractivity contribution in [1.29, 1.82) is 0 Å². The van der Waals surface area contributed by atoms with Crippen molar-refractivity contribution >= 4 is 18.3 Å². The molecule has 0 bridgehead atoms. The predicted molar refractivity (Wildman–Crippen MR) is 41.9 cm³/mol. The minimum absolute atomic E-state index is 0. The van der Waals surface area contributed by atoms with E-state index in [1.165, 1.54) is 0 Å². The molecule has 0 unspecified atom stereocenters. The van der Waals surface area contributed by atoms with E-state index in [9.17, 15) is 4.79 Å². The first-order chi connectivity index (χ1) is 4.83. The van der Waals surface area contributed by atoms with Crippen molar-refractivity contribution in [3.05, 3.63) is 18.2 Å². The van der Waals surface area contributed by atoms with Gasteiger partial charge in [0, 0.05) is 12.4 Å². The van der Waals surface area contributed by atoms with Crippen molar-refractivity contribution in [3.8, 4) is 0 Å². The number of rotatable bonds is 2. The molecule has 1 aromatic heterocycles. The molecule has 1 amide bonds. The Kier molecular flexibility index (Phi) is 4.24. The Bertz CT molecular complexity index is 210. The highest BCUT2D eigenvalue weighted by atomic mass is 35.5. The van der Waals surface area contributed by atoms with Crippen LogP contribution in [0.25, 0.3) is 0 Å². The maximum Gasteiger partial charge on any atom is 0.241 e. The first-order valence-corrected chi connectivity index (χ1v) is 2.80. The Morgan fingerprint density at radius 2 is 2.55 bits per heavy atom. The van der Waals surface area contributed by atoms with Gasteiger partial charge in [-0.3, -0.25) is 10.2 Å². The van der Waals surface area contributed by atoms with Crippen LogP contribution in [0.5, 0.6) is 0 Å². The molecule has 0 aliphatic heterocycles. The zero-order valence-corrected chi connectivity index (χ0v) is 6.52. The third-order valence-electron chi connectivity index (χ3n) is 1.04. The van der Waals surface area contributed by atoms with Crippen LogP contribution in [0.3, 0.4) is 0 Å². The predicted octanol–water partition coefficient (Wildman–Crippen LogP) is -0.636. The lowest BCUT2D eigenvalue weighted by atomic mass is 10.4. The highest BCUT2D eigenvalue weighted by Gasteiger charge is 2.00. The van der Waals surface area contributed by atoms with E-state index in [-0.39, 0.29) is 24.7 Å². The van der Waals surface area contributed by atoms with Crippen LogP contribution in [0.1, 0.15) is 5.82 Å². The van der Waals surface area contributed by atoms with Crippen LogP contribution < -0.4 is 11.3 Å². The van der Waals surface area contributed by atoms with E-state index >= 15 is 0 Å². The molecule has 5 nitrogen and oxygen atoms in total. The molecule has 0 spiro atoms. The van der Waals surface area contributed by atoms with E-state index < -0.39 is 0 Å². The molecular formula is C5H9ClN4O. The summed E-state index contributed by atoms with van der Waals surface area (Å²) in [7, 11) is 0. The molecule has 62 valence electrons. The van der Waals surface area contributed by atoms with Gasteiger partial charge in [-0.15, -0.1) is 12.4 Å². The van der Waals surface area contributed by atoms with E-state index in [2.05, 4.69) is 9.97 Å². The summed E-state index contributed by atoms with van der Waals surface area (Å²) in [5.74, 6) is 5.21. The van der Waals surface area contributed by atoms with Crippen molar-refractivity contribution < 1.29 is 4.79 Å². The number of imidazole rings is 1. The number of hydrazine groups is 1. The summed E-state index contributed by atoms with van der Waals surface area (Å²) in [6.07, 6.45) is 3.43. The van der Waals surface area contributed by atoms with Gasteiger partial charge in [0.25, 0.3) is 0 Å². The molecule has 0 aliphatic rings. The van der Waals surface area contributed by atoms with Crippen molar-refractivity contribution in [3.63, 3.8) is 0 Å². The normalized spacial score (nSPS) is 8.45. The van der Waals surface area contributed by atoms with Gasteiger partial charge >= 0.3 is 0 Å². The number of halogens is 1. The summed E-state index contributed by atoms with van der Waals surface area (Å²) >= 11 is 0. The molecule has 0 saturated carbocycles. The van der Waals surface area contributed by atoms with Crippen LogP contribution in [0.4, 0.5) is 0 Å². The molecule has 0 atom stereocenters. The van der Waals surface area contributed by atoms with Gasteiger partial charge in [0.05, 0.1) is 6.42 Å². The smallest absolute Gasteiger partial charge is 0.241 e. The second-order valence-corrected chi connectivity index (χ2v) is 1.78. The minimum atomic E-state index is -0.255. The third-order valence-corrected chi connectivity index (χ3v) is 1.04. The van der Waals surface area contributed by atoms with E-state index in [0.717, 1.165) is 0 Å². The zero-order chi connectivity index (χ0) is 7.40. The molecule has 6 heteroatoms. The highest BCUT2D eigenvalue weighted by Crippen LogP contribution is 1.87. The number of hydrogen-bond acceptors (Lipinski definition) is 3. The SMILES string of the molecule is Cl.NNC(=O)Cc1ncc[nH]1. The molecule has 0 saturated heterocycles. The summed E-state index contributed by atoms with van der Waals surface area (Å²) in [5.41, 5.74) is 2.00. The average Bonchev–Trinajstić information content (AvgIpc) is 2.40. The van der Waals surface area contributed by atoms with Crippen LogP contribution >= 0.6 is 12.4 Å². The lowest BCUT2D eigenvalue weighted by Gasteiger charge is -1.93. The number of aromatic amines is 1. The number of nitrogens with one attached hydrogen (secondary N) is 2. The number of aromatic nitrogens is 2. The molecule has 11 heavy (non-hydrogen) atoms. The Hall–Kier alpha value is -1.07.